The fraction of sp³-hybridized carbons (Fsp3) is 0.667. The van der Waals surface area contributed by atoms with Crippen LogP contribution in [0.25, 0.3) is 0 Å². The Kier molecular flexibility index (Phi) is 5.46. The zero-order valence-corrected chi connectivity index (χ0v) is 11.3. The van der Waals surface area contributed by atoms with Crippen molar-refractivity contribution in [2.24, 2.45) is 5.92 Å². The van der Waals surface area contributed by atoms with Gasteiger partial charge in [0.05, 0.1) is 7.11 Å². The van der Waals surface area contributed by atoms with E-state index in [1.807, 2.05) is 6.07 Å². The van der Waals surface area contributed by atoms with Gasteiger partial charge in [0, 0.05) is 18.3 Å². The first-order chi connectivity index (χ1) is 8.90. The van der Waals surface area contributed by atoms with E-state index in [-0.39, 0.29) is 0 Å². The minimum atomic E-state index is 0.739. The monoisotopic (exact) mass is 248 g/mol. The molecule has 1 N–H and O–H groups in total. The summed E-state index contributed by atoms with van der Waals surface area (Å²) in [5, 5.41) is 3.50. The number of nitrogens with one attached hydrogen (secondary N) is 1. The van der Waals surface area contributed by atoms with Crippen molar-refractivity contribution in [3.05, 3.63) is 23.9 Å². The summed E-state index contributed by atoms with van der Waals surface area (Å²) in [5.74, 6) is 1.68. The number of hydrogen-bond acceptors (Lipinski definition) is 3. The molecular formula is C15H24N2O. The number of hydrogen-bond donors (Lipinski definition) is 1. The Bertz CT molecular complexity index is 348. The summed E-state index contributed by atoms with van der Waals surface area (Å²) in [5.41, 5.74) is 1.14. The molecule has 3 heteroatoms. The Balaban J connectivity index is 1.68. The smallest absolute Gasteiger partial charge is 0.217 e. The molecule has 0 radical (unpaired) electrons. The second-order valence-corrected chi connectivity index (χ2v) is 5.14. The van der Waals surface area contributed by atoms with Crippen LogP contribution in [0.5, 0.6) is 5.88 Å². The van der Waals surface area contributed by atoms with E-state index in [1.54, 1.807) is 13.3 Å². The first-order valence-corrected chi connectivity index (χ1v) is 7.08. The third-order valence-corrected chi connectivity index (χ3v) is 3.81. The van der Waals surface area contributed by atoms with Gasteiger partial charge < -0.3 is 10.1 Å². The van der Waals surface area contributed by atoms with E-state index < -0.39 is 0 Å². The van der Waals surface area contributed by atoms with Gasteiger partial charge in [0.1, 0.15) is 0 Å². The summed E-state index contributed by atoms with van der Waals surface area (Å²) in [6, 6.07) is 4.03. The molecule has 0 spiro atoms. The minimum Gasteiger partial charge on any atom is -0.481 e. The fourth-order valence-corrected chi connectivity index (χ4v) is 2.75. The maximum atomic E-state index is 5.24. The SMILES string of the molecule is COc1ncccc1CNCCC1CCCCC1. The van der Waals surface area contributed by atoms with E-state index in [1.165, 1.54) is 38.5 Å². The summed E-state index contributed by atoms with van der Waals surface area (Å²) >= 11 is 0. The summed E-state index contributed by atoms with van der Waals surface area (Å²) in [6.45, 7) is 1.95. The molecule has 1 aliphatic carbocycles. The van der Waals surface area contributed by atoms with Gasteiger partial charge in [0.15, 0.2) is 0 Å². The average Bonchev–Trinajstić information content (AvgIpc) is 2.45. The summed E-state index contributed by atoms with van der Waals surface area (Å²) < 4.78 is 5.24. The maximum absolute atomic E-state index is 5.24. The third-order valence-electron chi connectivity index (χ3n) is 3.81. The lowest BCUT2D eigenvalue weighted by molar-refractivity contribution is 0.333. The fourth-order valence-electron chi connectivity index (χ4n) is 2.75. The van der Waals surface area contributed by atoms with Crippen LogP contribution in [0, 0.1) is 5.92 Å². The Labute approximate surface area is 110 Å². The molecule has 1 heterocycles. The number of ether oxygens (including phenoxy) is 1. The van der Waals surface area contributed by atoms with Gasteiger partial charge in [-0.25, -0.2) is 4.98 Å². The average molecular weight is 248 g/mol. The van der Waals surface area contributed by atoms with Crippen LogP contribution in [-0.2, 0) is 6.54 Å². The molecule has 18 heavy (non-hydrogen) atoms. The van der Waals surface area contributed by atoms with Gasteiger partial charge in [-0.3, -0.25) is 0 Å². The lowest BCUT2D eigenvalue weighted by atomic mass is 9.87. The zero-order chi connectivity index (χ0) is 12.6. The number of aromatic nitrogens is 1. The molecule has 0 aliphatic heterocycles. The molecule has 1 fully saturated rings. The van der Waals surface area contributed by atoms with Gasteiger partial charge in [0.2, 0.25) is 5.88 Å². The molecule has 1 saturated carbocycles. The van der Waals surface area contributed by atoms with Crippen molar-refractivity contribution in [2.45, 2.75) is 45.1 Å². The third kappa shape index (κ3) is 3.98. The van der Waals surface area contributed by atoms with E-state index in [2.05, 4.69) is 16.4 Å². The number of pyridine rings is 1. The lowest BCUT2D eigenvalue weighted by Gasteiger charge is -2.21. The highest BCUT2D eigenvalue weighted by molar-refractivity contribution is 5.24. The largest absolute Gasteiger partial charge is 0.481 e. The molecule has 0 saturated heterocycles. The van der Waals surface area contributed by atoms with Crippen LogP contribution in [-0.4, -0.2) is 18.6 Å². The van der Waals surface area contributed by atoms with Crippen LogP contribution in [0.4, 0.5) is 0 Å². The molecule has 100 valence electrons. The van der Waals surface area contributed by atoms with Crippen molar-refractivity contribution in [1.29, 1.82) is 0 Å². The Morgan fingerprint density at radius 2 is 2.17 bits per heavy atom. The van der Waals surface area contributed by atoms with E-state index in [0.29, 0.717) is 0 Å². The first-order valence-electron chi connectivity index (χ1n) is 7.08. The van der Waals surface area contributed by atoms with E-state index in [4.69, 9.17) is 4.74 Å². The molecule has 2 rings (SSSR count). The molecule has 1 aromatic rings. The Morgan fingerprint density at radius 1 is 1.33 bits per heavy atom. The van der Waals surface area contributed by atoms with Gasteiger partial charge >= 0.3 is 0 Å². The van der Waals surface area contributed by atoms with Crippen LogP contribution in [0.15, 0.2) is 18.3 Å². The van der Waals surface area contributed by atoms with Gasteiger partial charge in [-0.2, -0.15) is 0 Å². The maximum Gasteiger partial charge on any atom is 0.217 e. The predicted molar refractivity (Wildman–Crippen MR) is 73.7 cm³/mol. The topological polar surface area (TPSA) is 34.1 Å². The van der Waals surface area contributed by atoms with E-state index >= 15 is 0 Å². The molecule has 1 aromatic heterocycles. The normalized spacial score (nSPS) is 16.7. The number of rotatable bonds is 6. The van der Waals surface area contributed by atoms with E-state index in [0.717, 1.165) is 30.5 Å². The van der Waals surface area contributed by atoms with Gasteiger partial charge in [-0.15, -0.1) is 0 Å². The molecule has 0 atom stereocenters. The van der Waals surface area contributed by atoms with Crippen LogP contribution in [0.2, 0.25) is 0 Å². The first kappa shape index (κ1) is 13.3. The highest BCUT2D eigenvalue weighted by atomic mass is 16.5. The molecule has 1 aliphatic rings. The quantitative estimate of drug-likeness (QED) is 0.785. The van der Waals surface area contributed by atoms with Crippen molar-refractivity contribution in [1.82, 2.24) is 10.3 Å². The lowest BCUT2D eigenvalue weighted by Crippen LogP contribution is -2.19. The predicted octanol–water partition coefficient (Wildman–Crippen LogP) is 3.15. The second kappa shape index (κ2) is 7.37. The van der Waals surface area contributed by atoms with Gasteiger partial charge in [-0.1, -0.05) is 38.2 Å². The van der Waals surface area contributed by atoms with Crippen LogP contribution in [0.1, 0.15) is 44.1 Å². The van der Waals surface area contributed by atoms with Crippen molar-refractivity contribution in [3.8, 4) is 5.88 Å². The van der Waals surface area contributed by atoms with Crippen LogP contribution < -0.4 is 10.1 Å². The molecule has 0 amide bonds. The summed E-state index contributed by atoms with van der Waals surface area (Å²) in [4.78, 5) is 4.20. The van der Waals surface area contributed by atoms with Crippen molar-refractivity contribution in [2.75, 3.05) is 13.7 Å². The highest BCUT2D eigenvalue weighted by Gasteiger charge is 2.12. The number of nitrogens with zero attached hydrogens (tertiary/aromatic N) is 1. The van der Waals surface area contributed by atoms with Crippen molar-refractivity contribution < 1.29 is 4.74 Å². The van der Waals surface area contributed by atoms with Gasteiger partial charge in [0.25, 0.3) is 0 Å². The Morgan fingerprint density at radius 3 is 2.94 bits per heavy atom. The van der Waals surface area contributed by atoms with E-state index in [9.17, 15) is 0 Å². The molecule has 0 unspecified atom stereocenters. The van der Waals surface area contributed by atoms with Crippen LogP contribution in [0.3, 0.4) is 0 Å². The van der Waals surface area contributed by atoms with Crippen molar-refractivity contribution in [3.63, 3.8) is 0 Å². The molecular weight excluding hydrogens is 224 g/mol. The summed E-state index contributed by atoms with van der Waals surface area (Å²) in [6.07, 6.45) is 10.2. The van der Waals surface area contributed by atoms with Gasteiger partial charge in [-0.05, 0) is 24.9 Å². The molecule has 0 bridgehead atoms. The highest BCUT2D eigenvalue weighted by Crippen LogP contribution is 2.25. The second-order valence-electron chi connectivity index (χ2n) is 5.14. The Hall–Kier alpha value is -1.09. The zero-order valence-electron chi connectivity index (χ0n) is 11.3. The van der Waals surface area contributed by atoms with Crippen LogP contribution >= 0.6 is 0 Å². The minimum absolute atomic E-state index is 0.739. The number of methoxy groups -OCH3 is 1. The molecule has 0 aromatic carbocycles. The molecule has 3 nitrogen and oxygen atoms in total. The summed E-state index contributed by atoms with van der Waals surface area (Å²) in [7, 11) is 1.67. The van der Waals surface area contributed by atoms with Crippen molar-refractivity contribution >= 4 is 0 Å². The standard InChI is InChI=1S/C15H24N2O/c1-18-15-14(8-5-10-17-15)12-16-11-9-13-6-3-2-4-7-13/h5,8,10,13,16H,2-4,6-7,9,11-12H2,1H3.